The van der Waals surface area contributed by atoms with Gasteiger partial charge < -0.3 is 0 Å². The summed E-state index contributed by atoms with van der Waals surface area (Å²) in [6, 6.07) is 1.79. The Morgan fingerprint density at radius 3 is 2.33 bits per heavy atom. The van der Waals surface area contributed by atoms with Gasteiger partial charge in [0.15, 0.2) is 5.78 Å². The minimum atomic E-state index is -0.539. The monoisotopic (exact) mass is 189 g/mol. The molecule has 0 saturated carbocycles. The van der Waals surface area contributed by atoms with Gasteiger partial charge in [-0.25, -0.2) is 0 Å². The van der Waals surface area contributed by atoms with Crippen LogP contribution >= 0.6 is 15.9 Å². The fourth-order valence-corrected chi connectivity index (χ4v) is 0.422. The van der Waals surface area contributed by atoms with Crippen LogP contribution in [0, 0.1) is 11.3 Å². The number of carbonyl (C=O) groups is 1. The maximum atomic E-state index is 10.8. The van der Waals surface area contributed by atoms with Crippen molar-refractivity contribution in [1.82, 2.24) is 0 Å². The molecule has 9 heavy (non-hydrogen) atoms. The fourth-order valence-electron chi connectivity index (χ4n) is 0.282. The van der Waals surface area contributed by atoms with Crippen molar-refractivity contribution in [3.63, 3.8) is 0 Å². The fraction of sp³-hybridized carbons (Fsp3) is 0.667. The molecule has 0 aromatic rings. The Balaban J connectivity index is 3.93. The molecule has 0 aliphatic heterocycles. The van der Waals surface area contributed by atoms with Gasteiger partial charge in [0, 0.05) is 0 Å². The SMILES string of the molecule is CC(C)(Br)C(=O)CC#N. The summed E-state index contributed by atoms with van der Waals surface area (Å²) in [6.07, 6.45) is -0.0156. The lowest BCUT2D eigenvalue weighted by Crippen LogP contribution is -2.22. The first-order valence-electron chi connectivity index (χ1n) is 2.57. The summed E-state index contributed by atoms with van der Waals surface area (Å²) in [4.78, 5) is 10.8. The number of nitrogens with zero attached hydrogens (tertiary/aromatic N) is 1. The molecule has 0 fully saturated rings. The summed E-state index contributed by atoms with van der Waals surface area (Å²) in [7, 11) is 0. The molecule has 50 valence electrons. The summed E-state index contributed by atoms with van der Waals surface area (Å²) in [6.45, 7) is 3.46. The maximum absolute atomic E-state index is 10.8. The Bertz CT molecular complexity index is 151. The Morgan fingerprint density at radius 2 is 2.22 bits per heavy atom. The zero-order valence-corrected chi connectivity index (χ0v) is 7.03. The summed E-state index contributed by atoms with van der Waals surface area (Å²) in [5, 5.41) is 8.11. The summed E-state index contributed by atoms with van der Waals surface area (Å²) in [5.41, 5.74) is 0. The van der Waals surface area contributed by atoms with Gasteiger partial charge in [0.05, 0.1) is 16.8 Å². The van der Waals surface area contributed by atoms with E-state index in [1.54, 1.807) is 19.9 Å². The number of hydrogen-bond acceptors (Lipinski definition) is 2. The van der Waals surface area contributed by atoms with E-state index in [4.69, 9.17) is 5.26 Å². The molecule has 0 aromatic carbocycles. The number of Topliss-reactive ketones (excluding diaryl/α,β-unsaturated/α-hetero) is 1. The quantitative estimate of drug-likeness (QED) is 0.621. The number of nitriles is 1. The average Bonchev–Trinajstić information content (AvgIpc) is 1.64. The van der Waals surface area contributed by atoms with E-state index in [0.717, 1.165) is 0 Å². The molecule has 0 N–H and O–H groups in total. The van der Waals surface area contributed by atoms with Crippen molar-refractivity contribution in [1.29, 1.82) is 5.26 Å². The molecule has 0 spiro atoms. The third kappa shape index (κ3) is 3.26. The van der Waals surface area contributed by atoms with Crippen molar-refractivity contribution in [3.8, 4) is 6.07 Å². The zero-order valence-electron chi connectivity index (χ0n) is 5.44. The van der Waals surface area contributed by atoms with Gasteiger partial charge in [0.1, 0.15) is 0 Å². The van der Waals surface area contributed by atoms with Crippen molar-refractivity contribution < 1.29 is 4.79 Å². The van der Waals surface area contributed by atoms with Crippen molar-refractivity contribution in [2.45, 2.75) is 24.6 Å². The normalized spacial score (nSPS) is 10.4. The number of halogens is 1. The molecule has 0 aliphatic carbocycles. The number of rotatable bonds is 2. The van der Waals surface area contributed by atoms with Gasteiger partial charge >= 0.3 is 0 Å². The Kier molecular flexibility index (Phi) is 2.86. The first-order valence-corrected chi connectivity index (χ1v) is 3.37. The van der Waals surface area contributed by atoms with Crippen molar-refractivity contribution in [2.24, 2.45) is 0 Å². The molecule has 0 atom stereocenters. The Labute approximate surface area is 63.0 Å². The molecule has 0 radical (unpaired) electrons. The van der Waals surface area contributed by atoms with E-state index in [0.29, 0.717) is 0 Å². The van der Waals surface area contributed by atoms with E-state index in [9.17, 15) is 4.79 Å². The lowest BCUT2D eigenvalue weighted by molar-refractivity contribution is -0.119. The van der Waals surface area contributed by atoms with Crippen LogP contribution in [0.3, 0.4) is 0 Å². The highest BCUT2D eigenvalue weighted by atomic mass is 79.9. The Hall–Kier alpha value is -0.360. The third-order valence-corrected chi connectivity index (χ3v) is 1.34. The van der Waals surface area contributed by atoms with Crippen LogP contribution in [-0.4, -0.2) is 10.1 Å². The molecular weight excluding hydrogens is 182 g/mol. The molecule has 0 unspecified atom stereocenters. The van der Waals surface area contributed by atoms with Gasteiger partial charge in [0.25, 0.3) is 0 Å². The minimum Gasteiger partial charge on any atom is -0.297 e. The smallest absolute Gasteiger partial charge is 0.162 e. The minimum absolute atomic E-state index is 0.0156. The highest BCUT2D eigenvalue weighted by Gasteiger charge is 2.22. The van der Waals surface area contributed by atoms with Crippen molar-refractivity contribution >= 4 is 21.7 Å². The predicted octanol–water partition coefficient (Wildman–Crippen LogP) is 1.64. The number of carbonyl (C=O) groups excluding carboxylic acids is 1. The van der Waals surface area contributed by atoms with E-state index < -0.39 is 4.32 Å². The largest absolute Gasteiger partial charge is 0.297 e. The van der Waals surface area contributed by atoms with Crippen molar-refractivity contribution in [2.75, 3.05) is 0 Å². The highest BCUT2D eigenvalue weighted by molar-refractivity contribution is 9.10. The van der Waals surface area contributed by atoms with Crippen LogP contribution in [0.15, 0.2) is 0 Å². The van der Waals surface area contributed by atoms with E-state index in [-0.39, 0.29) is 12.2 Å². The van der Waals surface area contributed by atoms with Crippen LogP contribution in [0.1, 0.15) is 20.3 Å². The van der Waals surface area contributed by atoms with Crippen molar-refractivity contribution in [3.05, 3.63) is 0 Å². The molecule has 2 nitrogen and oxygen atoms in total. The lowest BCUT2D eigenvalue weighted by atomic mass is 10.1. The van der Waals surface area contributed by atoms with Crippen LogP contribution in [-0.2, 0) is 4.79 Å². The average molecular weight is 190 g/mol. The van der Waals surface area contributed by atoms with Crippen LogP contribution < -0.4 is 0 Å². The summed E-state index contributed by atoms with van der Waals surface area (Å²) < 4.78 is -0.539. The molecule has 0 rings (SSSR count). The molecule has 0 bridgehead atoms. The van der Waals surface area contributed by atoms with Gasteiger partial charge in [-0.3, -0.25) is 4.79 Å². The molecule has 0 aromatic heterocycles. The summed E-state index contributed by atoms with van der Waals surface area (Å²) in [5.74, 6) is -0.0787. The van der Waals surface area contributed by atoms with Crippen LogP contribution in [0.4, 0.5) is 0 Å². The van der Waals surface area contributed by atoms with Gasteiger partial charge in [0.2, 0.25) is 0 Å². The van der Waals surface area contributed by atoms with Crippen LogP contribution in [0.5, 0.6) is 0 Å². The predicted molar refractivity (Wildman–Crippen MR) is 38.2 cm³/mol. The van der Waals surface area contributed by atoms with Gasteiger partial charge in [-0.05, 0) is 13.8 Å². The van der Waals surface area contributed by atoms with Gasteiger partial charge in [-0.2, -0.15) is 5.26 Å². The molecule has 0 heterocycles. The van der Waals surface area contributed by atoms with Crippen LogP contribution in [0.2, 0.25) is 0 Å². The second kappa shape index (κ2) is 2.98. The highest BCUT2D eigenvalue weighted by Crippen LogP contribution is 2.17. The molecule has 3 heteroatoms. The second-order valence-electron chi connectivity index (χ2n) is 2.23. The van der Waals surface area contributed by atoms with E-state index >= 15 is 0 Å². The Morgan fingerprint density at radius 1 is 1.78 bits per heavy atom. The third-order valence-electron chi connectivity index (χ3n) is 0.903. The van der Waals surface area contributed by atoms with Crippen LogP contribution in [0.25, 0.3) is 0 Å². The van der Waals surface area contributed by atoms with Gasteiger partial charge in [-0.1, -0.05) is 15.9 Å². The molecule has 0 aliphatic rings. The van der Waals surface area contributed by atoms with E-state index in [1.165, 1.54) is 0 Å². The second-order valence-corrected chi connectivity index (χ2v) is 4.21. The lowest BCUT2D eigenvalue weighted by Gasteiger charge is -2.10. The van der Waals surface area contributed by atoms with Gasteiger partial charge in [-0.15, -0.1) is 0 Å². The number of ketones is 1. The first-order chi connectivity index (χ1) is 3.98. The zero-order chi connectivity index (χ0) is 7.49. The molecular formula is C6H8BrNO. The van der Waals surface area contributed by atoms with E-state index in [1.807, 2.05) is 0 Å². The summed E-state index contributed by atoms with van der Waals surface area (Å²) >= 11 is 3.14. The van der Waals surface area contributed by atoms with E-state index in [2.05, 4.69) is 15.9 Å². The maximum Gasteiger partial charge on any atom is 0.162 e. The standard InChI is InChI=1S/C6H8BrNO/c1-6(2,7)5(9)3-4-8/h3H2,1-2H3. The number of hydrogen-bond donors (Lipinski definition) is 0. The molecule has 0 saturated heterocycles. The molecule has 0 amide bonds. The first kappa shape index (κ1) is 8.64. The topological polar surface area (TPSA) is 40.9 Å². The number of alkyl halides is 1.